The van der Waals surface area contributed by atoms with Crippen LogP contribution in [-0.4, -0.2) is 28.0 Å². The van der Waals surface area contributed by atoms with Gasteiger partial charge in [-0.05, 0) is 17.5 Å². The number of hydrogen-bond donors (Lipinski definition) is 2. The van der Waals surface area contributed by atoms with Crippen molar-refractivity contribution in [1.82, 2.24) is 4.90 Å². The van der Waals surface area contributed by atoms with E-state index in [0.29, 0.717) is 6.54 Å². The minimum Gasteiger partial charge on any atom is -0.480 e. The third-order valence-corrected chi connectivity index (χ3v) is 3.08. The van der Waals surface area contributed by atoms with Gasteiger partial charge in [0.15, 0.2) is 0 Å². The zero-order valence-corrected chi connectivity index (χ0v) is 10.4. The van der Waals surface area contributed by atoms with Gasteiger partial charge in [-0.15, -0.1) is 0 Å². The second-order valence-corrected chi connectivity index (χ2v) is 4.74. The van der Waals surface area contributed by atoms with Crippen molar-refractivity contribution in [2.24, 2.45) is 5.92 Å². The molecule has 0 bridgehead atoms. The maximum absolute atomic E-state index is 12.0. The molecule has 1 aromatic carbocycles. The van der Waals surface area contributed by atoms with E-state index in [1.807, 2.05) is 24.3 Å². The fourth-order valence-corrected chi connectivity index (χ4v) is 2.23. The number of aliphatic carboxylic acids is 1. The number of nitrogens with one attached hydrogen (secondary N) is 1. The summed E-state index contributed by atoms with van der Waals surface area (Å²) in [6.07, 6.45) is 0. The van der Waals surface area contributed by atoms with Crippen LogP contribution in [-0.2, 0) is 11.3 Å². The Hall–Kier alpha value is -2.04. The lowest BCUT2D eigenvalue weighted by atomic mass is 10.0. The fraction of sp³-hybridized carbons (Fsp3) is 0.385. The molecular weight excluding hydrogens is 232 g/mol. The van der Waals surface area contributed by atoms with E-state index in [1.54, 1.807) is 13.8 Å². The highest BCUT2D eigenvalue weighted by Gasteiger charge is 2.35. The number of para-hydroxylation sites is 1. The highest BCUT2D eigenvalue weighted by Crippen LogP contribution is 2.26. The van der Waals surface area contributed by atoms with Gasteiger partial charge in [-0.2, -0.15) is 0 Å². The minimum atomic E-state index is -0.973. The molecule has 2 N–H and O–H groups in total. The number of carbonyl (C=O) groups excluding carboxylic acids is 1. The van der Waals surface area contributed by atoms with E-state index >= 15 is 0 Å². The van der Waals surface area contributed by atoms with Crippen LogP contribution in [0.2, 0.25) is 0 Å². The summed E-state index contributed by atoms with van der Waals surface area (Å²) in [6.45, 7) is 3.93. The van der Waals surface area contributed by atoms with Crippen LogP contribution >= 0.6 is 0 Å². The number of nitrogens with zero attached hydrogens (tertiary/aromatic N) is 1. The Labute approximate surface area is 105 Å². The van der Waals surface area contributed by atoms with Crippen molar-refractivity contribution < 1.29 is 14.7 Å². The molecule has 1 aromatic rings. The lowest BCUT2D eigenvalue weighted by Gasteiger charge is -2.35. The van der Waals surface area contributed by atoms with Gasteiger partial charge in [0, 0.05) is 5.69 Å². The van der Waals surface area contributed by atoms with Crippen molar-refractivity contribution >= 4 is 17.7 Å². The van der Waals surface area contributed by atoms with E-state index in [-0.39, 0.29) is 11.9 Å². The maximum Gasteiger partial charge on any atom is 0.326 e. The first-order valence-electron chi connectivity index (χ1n) is 5.89. The molecular formula is C13H16N2O3. The number of carbonyl (C=O) groups is 2. The zero-order chi connectivity index (χ0) is 13.3. The Morgan fingerprint density at radius 1 is 1.39 bits per heavy atom. The molecule has 0 aromatic heterocycles. The van der Waals surface area contributed by atoms with E-state index < -0.39 is 12.0 Å². The molecule has 0 saturated carbocycles. The van der Waals surface area contributed by atoms with E-state index in [2.05, 4.69) is 5.32 Å². The summed E-state index contributed by atoms with van der Waals surface area (Å²) in [5.41, 5.74) is 1.69. The largest absolute Gasteiger partial charge is 0.480 e. The first-order valence-corrected chi connectivity index (χ1v) is 5.89. The molecule has 0 spiro atoms. The molecule has 5 nitrogen and oxygen atoms in total. The molecule has 0 aliphatic carbocycles. The molecule has 2 amide bonds. The van der Waals surface area contributed by atoms with Crippen molar-refractivity contribution in [3.63, 3.8) is 0 Å². The predicted molar refractivity (Wildman–Crippen MR) is 67.3 cm³/mol. The van der Waals surface area contributed by atoms with E-state index in [0.717, 1.165) is 11.3 Å². The molecule has 0 radical (unpaired) electrons. The van der Waals surface area contributed by atoms with E-state index in [1.165, 1.54) is 4.90 Å². The van der Waals surface area contributed by atoms with Gasteiger partial charge in [-0.1, -0.05) is 32.0 Å². The standard InChI is InChI=1S/C13H16N2O3/c1-8(2)11(12(16)17)15-7-9-5-3-4-6-10(9)14-13(15)18/h3-6,8,11H,7H2,1-2H3,(H,14,18)(H,16,17)/t11-/m0/s1. The first-order chi connectivity index (χ1) is 8.50. The molecule has 2 rings (SSSR count). The summed E-state index contributed by atoms with van der Waals surface area (Å²) in [5.74, 6) is -1.11. The Kier molecular flexibility index (Phi) is 3.23. The fourth-order valence-electron chi connectivity index (χ4n) is 2.23. The molecule has 1 aliphatic heterocycles. The Morgan fingerprint density at radius 2 is 2.06 bits per heavy atom. The van der Waals surface area contributed by atoms with Crippen LogP contribution < -0.4 is 5.32 Å². The lowest BCUT2D eigenvalue weighted by Crippen LogP contribution is -2.51. The van der Waals surface area contributed by atoms with Crippen LogP contribution in [0.5, 0.6) is 0 Å². The number of anilines is 1. The average Bonchev–Trinajstić information content (AvgIpc) is 2.29. The van der Waals surface area contributed by atoms with E-state index in [4.69, 9.17) is 0 Å². The Balaban J connectivity index is 2.31. The van der Waals surface area contributed by atoms with Gasteiger partial charge >= 0.3 is 12.0 Å². The van der Waals surface area contributed by atoms with Gasteiger partial charge in [-0.3, -0.25) is 0 Å². The molecule has 1 atom stereocenters. The van der Waals surface area contributed by atoms with Crippen molar-refractivity contribution in [3.05, 3.63) is 29.8 Å². The quantitative estimate of drug-likeness (QED) is 0.861. The number of urea groups is 1. The van der Waals surface area contributed by atoms with Crippen LogP contribution in [0.15, 0.2) is 24.3 Å². The number of benzene rings is 1. The maximum atomic E-state index is 12.0. The third kappa shape index (κ3) is 2.16. The Morgan fingerprint density at radius 3 is 2.67 bits per heavy atom. The monoisotopic (exact) mass is 248 g/mol. The van der Waals surface area contributed by atoms with Crippen LogP contribution in [0.3, 0.4) is 0 Å². The van der Waals surface area contributed by atoms with Crippen LogP contribution in [0, 0.1) is 5.92 Å². The van der Waals surface area contributed by atoms with Gasteiger partial charge in [-0.25, -0.2) is 9.59 Å². The topological polar surface area (TPSA) is 69.6 Å². The predicted octanol–water partition coefficient (Wildman–Crippen LogP) is 2.14. The van der Waals surface area contributed by atoms with Crippen molar-refractivity contribution in [2.75, 3.05) is 5.32 Å². The summed E-state index contributed by atoms with van der Waals surface area (Å²) < 4.78 is 0. The molecule has 0 saturated heterocycles. The van der Waals surface area contributed by atoms with Gasteiger partial charge in [0.1, 0.15) is 6.04 Å². The van der Waals surface area contributed by atoms with Crippen LogP contribution in [0.4, 0.5) is 10.5 Å². The highest BCUT2D eigenvalue weighted by molar-refractivity contribution is 5.94. The second kappa shape index (κ2) is 4.68. The summed E-state index contributed by atoms with van der Waals surface area (Å²) in [6, 6.07) is 6.26. The average molecular weight is 248 g/mol. The second-order valence-electron chi connectivity index (χ2n) is 4.74. The van der Waals surface area contributed by atoms with Gasteiger partial charge in [0.25, 0.3) is 0 Å². The number of amides is 2. The molecule has 0 fully saturated rings. The molecule has 96 valence electrons. The molecule has 1 aliphatic rings. The number of hydrogen-bond acceptors (Lipinski definition) is 2. The minimum absolute atomic E-state index is 0.140. The number of fused-ring (bicyclic) bond motifs is 1. The zero-order valence-electron chi connectivity index (χ0n) is 10.4. The molecule has 5 heteroatoms. The van der Waals surface area contributed by atoms with Crippen molar-refractivity contribution in [2.45, 2.75) is 26.4 Å². The SMILES string of the molecule is CC(C)[C@@H](C(=O)O)N1Cc2ccccc2NC1=O. The van der Waals surface area contributed by atoms with Crippen molar-refractivity contribution in [1.29, 1.82) is 0 Å². The summed E-state index contributed by atoms with van der Waals surface area (Å²) in [7, 11) is 0. The summed E-state index contributed by atoms with van der Waals surface area (Å²) in [5, 5.41) is 12.0. The van der Waals surface area contributed by atoms with Gasteiger partial charge in [0.05, 0.1) is 6.54 Å². The summed E-state index contributed by atoms with van der Waals surface area (Å²) in [4.78, 5) is 24.6. The smallest absolute Gasteiger partial charge is 0.326 e. The normalized spacial score (nSPS) is 16.2. The Bertz CT molecular complexity index is 485. The van der Waals surface area contributed by atoms with Gasteiger partial charge < -0.3 is 15.3 Å². The van der Waals surface area contributed by atoms with Crippen LogP contribution in [0.1, 0.15) is 19.4 Å². The van der Waals surface area contributed by atoms with E-state index in [9.17, 15) is 14.7 Å². The first kappa shape index (κ1) is 12.4. The highest BCUT2D eigenvalue weighted by atomic mass is 16.4. The van der Waals surface area contributed by atoms with Crippen LogP contribution in [0.25, 0.3) is 0 Å². The van der Waals surface area contributed by atoms with Crippen molar-refractivity contribution in [3.8, 4) is 0 Å². The van der Waals surface area contributed by atoms with Gasteiger partial charge in [0.2, 0.25) is 0 Å². The number of carboxylic acid groups (broad SMARTS) is 1. The number of carboxylic acids is 1. The molecule has 18 heavy (non-hydrogen) atoms. The lowest BCUT2D eigenvalue weighted by molar-refractivity contribution is -0.143. The molecule has 0 unspecified atom stereocenters. The number of rotatable bonds is 3. The summed E-state index contributed by atoms with van der Waals surface area (Å²) >= 11 is 0. The molecule has 1 heterocycles. The third-order valence-electron chi connectivity index (χ3n) is 3.08.